The summed E-state index contributed by atoms with van der Waals surface area (Å²) in [4.78, 5) is 41.0. The first-order valence-corrected chi connectivity index (χ1v) is 12.6. The van der Waals surface area contributed by atoms with Gasteiger partial charge in [0.15, 0.2) is 11.7 Å². The summed E-state index contributed by atoms with van der Waals surface area (Å²) in [6.45, 7) is 4.09. The number of nitrogens with two attached hydrogens (primary N) is 2. The van der Waals surface area contributed by atoms with Gasteiger partial charge in [-0.1, -0.05) is 42.5 Å². The zero-order chi connectivity index (χ0) is 27.2. The highest BCUT2D eigenvalue weighted by Crippen LogP contribution is 2.38. The number of nitrogens with one attached hydrogen (secondary N) is 1. The average Bonchev–Trinajstić information content (AvgIpc) is 3.52. The molecule has 0 spiro atoms. The quantitative estimate of drug-likeness (QED) is 0.280. The topological polar surface area (TPSA) is 154 Å². The van der Waals surface area contributed by atoms with Crippen molar-refractivity contribution in [1.29, 1.82) is 0 Å². The number of aryl methyl sites for hydroxylation is 1. The lowest BCUT2D eigenvalue weighted by atomic mass is 10.1. The number of amides is 3. The van der Waals surface area contributed by atoms with Gasteiger partial charge < -0.3 is 25.9 Å². The zero-order valence-corrected chi connectivity index (χ0v) is 21.7. The van der Waals surface area contributed by atoms with Crippen LogP contribution >= 0.6 is 11.5 Å². The minimum atomic E-state index is -1.25. The molecule has 1 unspecified atom stereocenters. The molecular weight excluding hydrogens is 506 g/mol. The Hall–Kier alpha value is -4.64. The highest BCUT2D eigenvalue weighted by molar-refractivity contribution is 7.09. The molecule has 11 heteroatoms. The van der Waals surface area contributed by atoms with Crippen LogP contribution < -0.4 is 26.4 Å². The number of nitrogens with zero attached hydrogens (tertiary/aromatic N) is 2. The molecule has 1 atom stereocenters. The highest BCUT2D eigenvalue weighted by Gasteiger charge is 2.39. The van der Waals surface area contributed by atoms with E-state index in [1.54, 1.807) is 43.3 Å². The average molecular weight is 534 g/mol. The minimum absolute atomic E-state index is 0.0470. The molecule has 10 nitrogen and oxygen atoms in total. The number of carbonyl (C=O) groups is 3. The molecule has 0 saturated heterocycles. The Morgan fingerprint density at radius 1 is 1.08 bits per heavy atom. The van der Waals surface area contributed by atoms with Crippen LogP contribution in [-0.2, 0) is 11.3 Å². The molecular formula is C27H27N5O5S. The second kappa shape index (κ2) is 11.6. The van der Waals surface area contributed by atoms with Gasteiger partial charge in [0.1, 0.15) is 22.1 Å². The van der Waals surface area contributed by atoms with Crippen molar-refractivity contribution in [3.05, 3.63) is 94.4 Å². The summed E-state index contributed by atoms with van der Waals surface area (Å²) in [7, 11) is 0. The highest BCUT2D eigenvalue weighted by atomic mass is 32.1. The standard InChI is InChI=1S/C27H27N5O5S/c1-3-36-19-12-8-7-11-18(19)32(27(35)24-21(28)22(25(29)33)31-38-24)23(20-14-13-16(2)37-20)26(34)30-15-17-9-5-4-6-10-17/h4-14,23H,3,15,28H2,1-2H3,(H2,29,33)(H,30,34). The summed E-state index contributed by atoms with van der Waals surface area (Å²) in [6.07, 6.45) is 0. The maximum Gasteiger partial charge on any atom is 0.273 e. The normalized spacial score (nSPS) is 11.5. The second-order valence-corrected chi connectivity index (χ2v) is 9.04. The van der Waals surface area contributed by atoms with E-state index in [0.29, 0.717) is 23.8 Å². The molecule has 0 bridgehead atoms. The van der Waals surface area contributed by atoms with Gasteiger partial charge in [0.2, 0.25) is 0 Å². The van der Waals surface area contributed by atoms with Crippen molar-refractivity contribution in [2.45, 2.75) is 26.4 Å². The van der Waals surface area contributed by atoms with Crippen molar-refractivity contribution in [1.82, 2.24) is 9.69 Å². The van der Waals surface area contributed by atoms with Crippen LogP contribution in [0.1, 0.15) is 50.2 Å². The second-order valence-electron chi connectivity index (χ2n) is 8.27. The molecule has 0 aliphatic rings. The van der Waals surface area contributed by atoms with Gasteiger partial charge in [-0.2, -0.15) is 4.37 Å². The SMILES string of the molecule is CCOc1ccccc1N(C(=O)c1snc(C(N)=O)c1N)C(C(=O)NCc1ccccc1)c1ccc(C)o1. The molecule has 0 fully saturated rings. The van der Waals surface area contributed by atoms with Gasteiger partial charge in [-0.25, -0.2) is 0 Å². The predicted octanol–water partition coefficient (Wildman–Crippen LogP) is 3.83. The Kier molecular flexibility index (Phi) is 8.07. The van der Waals surface area contributed by atoms with Crippen molar-refractivity contribution < 1.29 is 23.5 Å². The van der Waals surface area contributed by atoms with E-state index in [1.165, 1.54) is 4.90 Å². The van der Waals surface area contributed by atoms with Crippen LogP contribution in [-0.4, -0.2) is 28.7 Å². The first-order chi connectivity index (χ1) is 18.3. The fraction of sp³-hybridized carbons (Fsp3) is 0.185. The third kappa shape index (κ3) is 5.52. The Labute approximate surface area is 223 Å². The lowest BCUT2D eigenvalue weighted by molar-refractivity contribution is -0.123. The molecule has 0 radical (unpaired) electrons. The summed E-state index contributed by atoms with van der Waals surface area (Å²) in [5.74, 6) is -0.885. The van der Waals surface area contributed by atoms with E-state index < -0.39 is 23.8 Å². The fourth-order valence-electron chi connectivity index (χ4n) is 3.89. The van der Waals surface area contributed by atoms with Crippen molar-refractivity contribution in [2.24, 2.45) is 5.73 Å². The van der Waals surface area contributed by atoms with Gasteiger partial charge in [0, 0.05) is 6.54 Å². The van der Waals surface area contributed by atoms with E-state index in [1.807, 2.05) is 37.3 Å². The van der Waals surface area contributed by atoms with E-state index >= 15 is 0 Å². The van der Waals surface area contributed by atoms with Crippen LogP contribution in [0, 0.1) is 6.92 Å². The van der Waals surface area contributed by atoms with Crippen molar-refractivity contribution in [3.63, 3.8) is 0 Å². The molecule has 38 heavy (non-hydrogen) atoms. The van der Waals surface area contributed by atoms with Gasteiger partial charge in [-0.05, 0) is 55.2 Å². The van der Waals surface area contributed by atoms with Crippen LogP contribution in [0.4, 0.5) is 11.4 Å². The van der Waals surface area contributed by atoms with Gasteiger partial charge >= 0.3 is 0 Å². The Morgan fingerprint density at radius 3 is 2.42 bits per heavy atom. The Morgan fingerprint density at radius 2 is 1.79 bits per heavy atom. The van der Waals surface area contributed by atoms with Crippen LogP contribution in [0.3, 0.4) is 0 Å². The number of hydrogen-bond acceptors (Lipinski definition) is 8. The third-order valence-corrected chi connectivity index (χ3v) is 6.50. The summed E-state index contributed by atoms with van der Waals surface area (Å²) in [5.41, 5.74) is 12.3. The molecule has 0 saturated carbocycles. The van der Waals surface area contributed by atoms with Crippen molar-refractivity contribution >= 4 is 40.6 Å². The van der Waals surface area contributed by atoms with Crippen LogP contribution in [0.2, 0.25) is 0 Å². The molecule has 2 aromatic carbocycles. The molecule has 4 rings (SSSR count). The van der Waals surface area contributed by atoms with Crippen molar-refractivity contribution in [3.8, 4) is 5.75 Å². The third-order valence-electron chi connectivity index (χ3n) is 5.65. The maximum absolute atomic E-state index is 14.1. The first-order valence-electron chi connectivity index (χ1n) is 11.8. The monoisotopic (exact) mass is 533 g/mol. The molecule has 0 aliphatic heterocycles. The number of primary amides is 1. The fourth-order valence-corrected chi connectivity index (χ4v) is 4.64. The van der Waals surface area contributed by atoms with Gasteiger partial charge in [0.25, 0.3) is 17.7 Å². The number of carbonyl (C=O) groups excluding carboxylic acids is 3. The number of furan rings is 1. The van der Waals surface area contributed by atoms with E-state index in [2.05, 4.69) is 9.69 Å². The van der Waals surface area contributed by atoms with Gasteiger partial charge in [-0.15, -0.1) is 0 Å². The smallest absolute Gasteiger partial charge is 0.273 e. The van der Waals surface area contributed by atoms with Crippen LogP contribution in [0.15, 0.2) is 71.1 Å². The number of nitrogen functional groups attached to an aromatic ring is 1. The Balaban J connectivity index is 1.85. The molecule has 3 amide bonds. The summed E-state index contributed by atoms with van der Waals surface area (Å²) in [6, 6.07) is 18.3. The molecule has 4 aromatic rings. The predicted molar refractivity (Wildman–Crippen MR) is 144 cm³/mol. The number of aromatic nitrogens is 1. The lowest BCUT2D eigenvalue weighted by Crippen LogP contribution is -2.44. The summed E-state index contributed by atoms with van der Waals surface area (Å²) >= 11 is 0.724. The first kappa shape index (κ1) is 26.4. The van der Waals surface area contributed by atoms with Gasteiger partial charge in [0.05, 0.1) is 18.0 Å². The summed E-state index contributed by atoms with van der Waals surface area (Å²) < 4.78 is 15.6. The number of anilines is 2. The minimum Gasteiger partial charge on any atom is -0.492 e. The van der Waals surface area contributed by atoms with Crippen LogP contribution in [0.25, 0.3) is 0 Å². The molecule has 2 heterocycles. The molecule has 196 valence electrons. The number of ether oxygens (including phenoxy) is 1. The van der Waals surface area contributed by atoms with Gasteiger partial charge in [-0.3, -0.25) is 19.3 Å². The largest absolute Gasteiger partial charge is 0.492 e. The molecule has 0 aliphatic carbocycles. The van der Waals surface area contributed by atoms with E-state index in [9.17, 15) is 14.4 Å². The summed E-state index contributed by atoms with van der Waals surface area (Å²) in [5, 5.41) is 2.90. The molecule has 5 N–H and O–H groups in total. The van der Waals surface area contributed by atoms with E-state index in [4.69, 9.17) is 20.6 Å². The number of hydrogen-bond donors (Lipinski definition) is 3. The van der Waals surface area contributed by atoms with Crippen molar-refractivity contribution in [2.75, 3.05) is 17.2 Å². The lowest BCUT2D eigenvalue weighted by Gasteiger charge is -2.31. The Bertz CT molecular complexity index is 1450. The zero-order valence-electron chi connectivity index (χ0n) is 20.8. The number of rotatable bonds is 10. The van der Waals surface area contributed by atoms with Crippen LogP contribution in [0.5, 0.6) is 5.75 Å². The number of benzene rings is 2. The molecule has 2 aromatic heterocycles. The maximum atomic E-state index is 14.1. The van der Waals surface area contributed by atoms with E-state index in [0.717, 1.165) is 17.1 Å². The van der Waals surface area contributed by atoms with E-state index in [-0.39, 0.29) is 28.6 Å². The number of para-hydroxylation sites is 2.